The summed E-state index contributed by atoms with van der Waals surface area (Å²) in [7, 11) is 0. The van der Waals surface area contributed by atoms with Crippen LogP contribution in [0.5, 0.6) is 5.88 Å². The lowest BCUT2D eigenvalue weighted by molar-refractivity contribution is 0.0525. The molecule has 0 saturated carbocycles. The molecule has 0 unspecified atom stereocenters. The Morgan fingerprint density at radius 1 is 1.47 bits per heavy atom. The Balaban J connectivity index is 2.86. The molecule has 5 heteroatoms. The van der Waals surface area contributed by atoms with E-state index in [1.807, 2.05) is 6.92 Å². The Hall–Kier alpha value is -0.850. The number of carbonyl (C=O) groups excluding carboxylic acids is 1. The second kappa shape index (κ2) is 5.89. The van der Waals surface area contributed by atoms with E-state index in [4.69, 9.17) is 9.47 Å². The summed E-state index contributed by atoms with van der Waals surface area (Å²) in [5.74, 6) is 0.192. The number of halogens is 1. The molecule has 0 saturated heterocycles. The first kappa shape index (κ1) is 12.2. The van der Waals surface area contributed by atoms with Crippen molar-refractivity contribution in [3.05, 3.63) is 21.4 Å². The van der Waals surface area contributed by atoms with Crippen LogP contribution in [0.4, 0.5) is 0 Å². The Morgan fingerprint density at radius 2 is 2.20 bits per heavy atom. The maximum atomic E-state index is 11.4. The molecule has 0 spiro atoms. The maximum Gasteiger partial charge on any atom is 0.339 e. The number of pyridine rings is 1. The molecule has 0 bridgehead atoms. The molecule has 1 rings (SSSR count). The van der Waals surface area contributed by atoms with E-state index >= 15 is 0 Å². The van der Waals surface area contributed by atoms with Gasteiger partial charge in [-0.05, 0) is 42.5 Å². The van der Waals surface area contributed by atoms with Crippen molar-refractivity contribution < 1.29 is 14.3 Å². The van der Waals surface area contributed by atoms with Gasteiger partial charge in [0.25, 0.3) is 0 Å². The highest BCUT2D eigenvalue weighted by Gasteiger charge is 2.10. The summed E-state index contributed by atoms with van der Waals surface area (Å²) in [6.07, 6.45) is 1.46. The predicted octanol–water partition coefficient (Wildman–Crippen LogP) is 2.26. The third-order valence-corrected chi connectivity index (χ3v) is 2.37. The summed E-state index contributed by atoms with van der Waals surface area (Å²) in [5, 5.41) is 0. The fourth-order valence-electron chi connectivity index (χ4n) is 0.994. The molecule has 0 atom stereocenters. The normalized spacial score (nSPS) is 9.80. The molecule has 1 aromatic rings. The first-order valence-corrected chi connectivity index (χ1v) is 5.72. The first-order valence-electron chi connectivity index (χ1n) is 4.64. The van der Waals surface area contributed by atoms with Gasteiger partial charge in [0, 0.05) is 6.20 Å². The summed E-state index contributed by atoms with van der Waals surface area (Å²) in [5.41, 5.74) is 0.449. The largest absolute Gasteiger partial charge is 0.477 e. The molecule has 0 aliphatic rings. The number of esters is 1. The summed E-state index contributed by atoms with van der Waals surface area (Å²) in [6, 6.07) is 1.70. The number of ether oxygens (including phenoxy) is 2. The van der Waals surface area contributed by atoms with Gasteiger partial charge in [-0.3, -0.25) is 0 Å². The fourth-order valence-corrected chi connectivity index (χ4v) is 1.62. The van der Waals surface area contributed by atoms with Gasteiger partial charge in [0.2, 0.25) is 5.88 Å². The SMILES string of the molecule is CCOC(=O)c1cnc(OCC)c(I)c1. The maximum absolute atomic E-state index is 11.4. The molecule has 1 heterocycles. The highest BCUT2D eigenvalue weighted by Crippen LogP contribution is 2.19. The van der Waals surface area contributed by atoms with Crippen molar-refractivity contribution in [2.45, 2.75) is 13.8 Å². The van der Waals surface area contributed by atoms with Crippen molar-refractivity contribution in [3.8, 4) is 5.88 Å². The Kier molecular flexibility index (Phi) is 4.80. The number of nitrogens with zero attached hydrogens (tertiary/aromatic N) is 1. The van der Waals surface area contributed by atoms with E-state index in [-0.39, 0.29) is 5.97 Å². The van der Waals surface area contributed by atoms with Crippen molar-refractivity contribution in [3.63, 3.8) is 0 Å². The molecule has 15 heavy (non-hydrogen) atoms. The van der Waals surface area contributed by atoms with Crippen LogP contribution in [0, 0.1) is 3.57 Å². The van der Waals surface area contributed by atoms with Crippen LogP contribution in [0.3, 0.4) is 0 Å². The summed E-state index contributed by atoms with van der Waals surface area (Å²) in [6.45, 7) is 4.58. The zero-order valence-corrected chi connectivity index (χ0v) is 10.8. The number of rotatable bonds is 4. The van der Waals surface area contributed by atoms with Crippen LogP contribution in [0.15, 0.2) is 12.3 Å². The van der Waals surface area contributed by atoms with Gasteiger partial charge in [0.15, 0.2) is 0 Å². The number of hydrogen-bond acceptors (Lipinski definition) is 4. The molecule has 0 aromatic carbocycles. The highest BCUT2D eigenvalue weighted by atomic mass is 127. The number of carbonyl (C=O) groups is 1. The van der Waals surface area contributed by atoms with Crippen molar-refractivity contribution >= 4 is 28.6 Å². The van der Waals surface area contributed by atoms with Crippen LogP contribution in [-0.4, -0.2) is 24.2 Å². The van der Waals surface area contributed by atoms with E-state index in [1.165, 1.54) is 6.20 Å². The molecule has 0 amide bonds. The lowest BCUT2D eigenvalue weighted by Crippen LogP contribution is -2.06. The standard InChI is InChI=1S/C10H12INO3/c1-3-14-9-8(11)5-7(6-12-9)10(13)15-4-2/h5-6H,3-4H2,1-2H3. The van der Waals surface area contributed by atoms with Crippen molar-refractivity contribution in [2.24, 2.45) is 0 Å². The minimum atomic E-state index is -0.356. The van der Waals surface area contributed by atoms with Crippen LogP contribution in [-0.2, 0) is 4.74 Å². The van der Waals surface area contributed by atoms with Gasteiger partial charge in [-0.2, -0.15) is 0 Å². The van der Waals surface area contributed by atoms with Crippen LogP contribution in [0.1, 0.15) is 24.2 Å². The van der Waals surface area contributed by atoms with Crippen LogP contribution < -0.4 is 4.74 Å². The van der Waals surface area contributed by atoms with E-state index in [0.717, 1.165) is 3.57 Å². The lowest BCUT2D eigenvalue weighted by Gasteiger charge is -2.06. The Bertz CT molecular complexity index is 355. The fraction of sp³-hybridized carbons (Fsp3) is 0.400. The summed E-state index contributed by atoms with van der Waals surface area (Å²) >= 11 is 2.08. The molecule has 0 aliphatic heterocycles. The van der Waals surface area contributed by atoms with E-state index in [2.05, 4.69) is 27.6 Å². The first-order chi connectivity index (χ1) is 7.19. The third kappa shape index (κ3) is 3.33. The van der Waals surface area contributed by atoms with Crippen LogP contribution >= 0.6 is 22.6 Å². The van der Waals surface area contributed by atoms with Crippen LogP contribution in [0.2, 0.25) is 0 Å². The molecular formula is C10H12INO3. The van der Waals surface area contributed by atoms with Gasteiger partial charge < -0.3 is 9.47 Å². The zero-order valence-electron chi connectivity index (χ0n) is 8.62. The number of hydrogen-bond donors (Lipinski definition) is 0. The molecule has 82 valence electrons. The molecular weight excluding hydrogens is 309 g/mol. The zero-order chi connectivity index (χ0) is 11.3. The average Bonchev–Trinajstić information content (AvgIpc) is 2.21. The average molecular weight is 321 g/mol. The quantitative estimate of drug-likeness (QED) is 0.630. The van der Waals surface area contributed by atoms with E-state index in [0.29, 0.717) is 24.7 Å². The second-order valence-corrected chi connectivity index (χ2v) is 3.83. The van der Waals surface area contributed by atoms with Gasteiger partial charge in [-0.25, -0.2) is 9.78 Å². The summed E-state index contributed by atoms with van der Waals surface area (Å²) < 4.78 is 10.9. The number of aromatic nitrogens is 1. The molecule has 0 radical (unpaired) electrons. The lowest BCUT2D eigenvalue weighted by atomic mass is 10.3. The van der Waals surface area contributed by atoms with Gasteiger partial charge in [-0.1, -0.05) is 0 Å². The molecule has 0 N–H and O–H groups in total. The topological polar surface area (TPSA) is 48.4 Å². The monoisotopic (exact) mass is 321 g/mol. The Labute approximate surface area is 102 Å². The van der Waals surface area contributed by atoms with Crippen molar-refractivity contribution in [1.82, 2.24) is 4.98 Å². The van der Waals surface area contributed by atoms with Gasteiger partial charge in [0.05, 0.1) is 22.3 Å². The molecule has 1 aromatic heterocycles. The van der Waals surface area contributed by atoms with Gasteiger partial charge in [0.1, 0.15) is 0 Å². The molecule has 0 aliphatic carbocycles. The predicted molar refractivity (Wildman–Crippen MR) is 64.1 cm³/mol. The smallest absolute Gasteiger partial charge is 0.339 e. The van der Waals surface area contributed by atoms with Crippen molar-refractivity contribution in [1.29, 1.82) is 0 Å². The molecule has 0 fully saturated rings. The third-order valence-electron chi connectivity index (χ3n) is 1.60. The van der Waals surface area contributed by atoms with Gasteiger partial charge in [-0.15, -0.1) is 0 Å². The Morgan fingerprint density at radius 3 is 2.73 bits per heavy atom. The van der Waals surface area contributed by atoms with E-state index < -0.39 is 0 Å². The van der Waals surface area contributed by atoms with Gasteiger partial charge >= 0.3 is 5.97 Å². The second-order valence-electron chi connectivity index (χ2n) is 2.66. The van der Waals surface area contributed by atoms with Crippen molar-refractivity contribution in [2.75, 3.05) is 13.2 Å². The van der Waals surface area contributed by atoms with E-state index in [9.17, 15) is 4.79 Å². The highest BCUT2D eigenvalue weighted by molar-refractivity contribution is 14.1. The molecule has 4 nitrogen and oxygen atoms in total. The minimum absolute atomic E-state index is 0.356. The summed E-state index contributed by atoms with van der Waals surface area (Å²) in [4.78, 5) is 15.4. The van der Waals surface area contributed by atoms with E-state index in [1.54, 1.807) is 13.0 Å². The minimum Gasteiger partial charge on any atom is -0.477 e. The van der Waals surface area contributed by atoms with Crippen LogP contribution in [0.25, 0.3) is 0 Å².